The minimum atomic E-state index is -2.00. The van der Waals surface area contributed by atoms with Crippen LogP contribution < -0.4 is 0 Å². The zero-order valence-corrected chi connectivity index (χ0v) is 22.6. The fourth-order valence-electron chi connectivity index (χ4n) is 10.2. The van der Waals surface area contributed by atoms with E-state index in [1.807, 2.05) is 13.8 Å². The maximum Gasteiger partial charge on any atom is 0.331 e. The lowest BCUT2D eigenvalue weighted by atomic mass is 9.42. The number of cyclic esters (lactones) is 1. The number of aliphatic hydroxyl groups is 4. The van der Waals surface area contributed by atoms with Crippen LogP contribution in [-0.4, -0.2) is 87.0 Å². The topological polar surface area (TPSA) is 152 Å². The van der Waals surface area contributed by atoms with E-state index in [4.69, 9.17) is 18.9 Å². The van der Waals surface area contributed by atoms with Gasteiger partial charge < -0.3 is 44.2 Å². The van der Waals surface area contributed by atoms with Crippen molar-refractivity contribution in [2.45, 2.75) is 119 Å². The molecule has 4 N–H and O–H groups in total. The van der Waals surface area contributed by atoms with Crippen LogP contribution in [0.4, 0.5) is 0 Å². The summed E-state index contributed by atoms with van der Waals surface area (Å²) in [6.45, 7) is 3.78. The predicted molar refractivity (Wildman–Crippen MR) is 133 cm³/mol. The number of carbonyl (C=O) groups excluding carboxylic acids is 2. The molecule has 10 heteroatoms. The molecule has 7 aliphatic rings. The normalized spacial score (nSPS) is 58.2. The molecule has 0 bridgehead atoms. The first kappa shape index (κ1) is 26.5. The van der Waals surface area contributed by atoms with Gasteiger partial charge in [-0.2, -0.15) is 0 Å². The number of esters is 1. The van der Waals surface area contributed by atoms with Crippen molar-refractivity contribution in [3.63, 3.8) is 0 Å². The number of aldehydes is 1. The second kappa shape index (κ2) is 8.33. The van der Waals surface area contributed by atoms with Crippen LogP contribution in [0.5, 0.6) is 0 Å². The number of hydrogen-bond acceptors (Lipinski definition) is 10. The molecule has 2 saturated heterocycles. The molecule has 4 saturated carbocycles. The predicted octanol–water partition coefficient (Wildman–Crippen LogP) is 1.12. The summed E-state index contributed by atoms with van der Waals surface area (Å²) in [5.41, 5.74) is -3.71. The van der Waals surface area contributed by atoms with Crippen molar-refractivity contribution in [2.75, 3.05) is 6.61 Å². The fourth-order valence-corrected chi connectivity index (χ4v) is 10.2. The van der Waals surface area contributed by atoms with E-state index in [1.165, 1.54) is 6.08 Å². The summed E-state index contributed by atoms with van der Waals surface area (Å²) >= 11 is 0. The van der Waals surface area contributed by atoms with Gasteiger partial charge in [0, 0.05) is 28.9 Å². The first-order chi connectivity index (χ1) is 18.4. The van der Waals surface area contributed by atoms with Crippen LogP contribution in [0, 0.1) is 28.6 Å². The Morgan fingerprint density at radius 2 is 1.79 bits per heavy atom. The average Bonchev–Trinajstić information content (AvgIpc) is 3.42. The molecule has 0 aromatic heterocycles. The van der Waals surface area contributed by atoms with Crippen molar-refractivity contribution < 1.29 is 49.0 Å². The molecule has 10 nitrogen and oxygen atoms in total. The Bertz CT molecular complexity index is 1110. The molecule has 3 heterocycles. The Morgan fingerprint density at radius 3 is 2.51 bits per heavy atom. The molecule has 6 fully saturated rings. The SMILES string of the molecule is C[C@@H]1C[C@@H](O)[C@]2(O)O[C@@H]3C[C@@]4(C=O)[C@H](CC[C@@H]5[C@@H]4CC[C@]4(C)[C@@](O)(C6=CC(=O)OC6)CC[C@]54O)C[C@H]3O[C@H]2O1. The van der Waals surface area contributed by atoms with Crippen LogP contribution >= 0.6 is 0 Å². The summed E-state index contributed by atoms with van der Waals surface area (Å²) < 4.78 is 23.3. The van der Waals surface area contributed by atoms with E-state index in [2.05, 4.69) is 0 Å². The monoisotopic (exact) mass is 548 g/mol. The summed E-state index contributed by atoms with van der Waals surface area (Å²) in [5.74, 6) is -2.79. The Morgan fingerprint density at radius 1 is 1.00 bits per heavy atom. The van der Waals surface area contributed by atoms with Gasteiger partial charge in [0.2, 0.25) is 12.1 Å². The van der Waals surface area contributed by atoms with E-state index >= 15 is 0 Å². The summed E-state index contributed by atoms with van der Waals surface area (Å²) in [7, 11) is 0. The molecule has 216 valence electrons. The Kier molecular flexibility index (Phi) is 5.66. The van der Waals surface area contributed by atoms with E-state index in [0.717, 1.165) is 19.1 Å². The molecule has 4 aliphatic carbocycles. The quantitative estimate of drug-likeness (QED) is 0.224. The molecule has 39 heavy (non-hydrogen) atoms. The largest absolute Gasteiger partial charge is 0.458 e. The van der Waals surface area contributed by atoms with Crippen molar-refractivity contribution in [2.24, 2.45) is 28.6 Å². The van der Waals surface area contributed by atoms with Gasteiger partial charge in [-0.05, 0) is 76.0 Å². The summed E-state index contributed by atoms with van der Waals surface area (Å²) in [6, 6.07) is 0. The Labute approximate surface area is 227 Å². The minimum Gasteiger partial charge on any atom is -0.458 e. The number of hydrogen-bond donors (Lipinski definition) is 4. The second-order valence-electron chi connectivity index (χ2n) is 13.7. The fraction of sp³-hybridized carbons (Fsp3) is 0.862. The molecule has 0 unspecified atom stereocenters. The van der Waals surface area contributed by atoms with Gasteiger partial charge >= 0.3 is 5.97 Å². The highest BCUT2D eigenvalue weighted by molar-refractivity contribution is 5.86. The van der Waals surface area contributed by atoms with Crippen LogP contribution in [0.1, 0.15) is 71.6 Å². The highest BCUT2D eigenvalue weighted by Gasteiger charge is 2.74. The summed E-state index contributed by atoms with van der Waals surface area (Å²) in [6.07, 6.45) is 3.29. The lowest BCUT2D eigenvalue weighted by molar-refractivity contribution is -0.457. The van der Waals surface area contributed by atoms with Crippen LogP contribution in [0.3, 0.4) is 0 Å². The third-order valence-corrected chi connectivity index (χ3v) is 12.3. The smallest absolute Gasteiger partial charge is 0.331 e. The number of carbonyl (C=O) groups is 2. The average molecular weight is 549 g/mol. The lowest BCUT2D eigenvalue weighted by Crippen LogP contribution is -2.71. The minimum absolute atomic E-state index is 0.0232. The van der Waals surface area contributed by atoms with Crippen LogP contribution in [0.2, 0.25) is 0 Å². The molecule has 0 spiro atoms. The standard InChI is InChI=1S/C29H40O10/c1-15-9-22(31)29(35)24(37-15)38-20-10-16-3-4-19-18(26(16,14-30)12-21(20)39-29)5-6-25(2)27(33,7-8-28(19,25)34)17-11-23(32)36-13-17/h11,14-16,18-22,24,31,33-35H,3-10,12-13H2,1-2H3/t15-,16-,18+,19-,20-,21-,22-,24-,25-,26-,27+,28+,29+/m1/s1. The number of rotatable bonds is 2. The van der Waals surface area contributed by atoms with Crippen molar-refractivity contribution in [1.82, 2.24) is 0 Å². The molecule has 0 amide bonds. The third-order valence-electron chi connectivity index (χ3n) is 12.3. The van der Waals surface area contributed by atoms with Crippen LogP contribution in [-0.2, 0) is 28.5 Å². The van der Waals surface area contributed by atoms with Gasteiger partial charge in [-0.25, -0.2) is 4.79 Å². The molecular weight excluding hydrogens is 508 g/mol. The van der Waals surface area contributed by atoms with Gasteiger partial charge in [0.25, 0.3) is 0 Å². The van der Waals surface area contributed by atoms with E-state index in [-0.39, 0.29) is 43.0 Å². The lowest BCUT2D eigenvalue weighted by Gasteiger charge is -2.65. The first-order valence-electron chi connectivity index (χ1n) is 14.6. The third kappa shape index (κ3) is 3.22. The van der Waals surface area contributed by atoms with Crippen LogP contribution in [0.15, 0.2) is 11.6 Å². The van der Waals surface area contributed by atoms with Gasteiger partial charge in [-0.15, -0.1) is 0 Å². The van der Waals surface area contributed by atoms with E-state index < -0.39 is 52.3 Å². The second-order valence-corrected chi connectivity index (χ2v) is 13.7. The van der Waals surface area contributed by atoms with E-state index in [9.17, 15) is 30.0 Å². The Hall–Kier alpha value is -1.40. The van der Waals surface area contributed by atoms with E-state index in [1.54, 1.807) is 0 Å². The number of fused-ring (bicyclic) bond motifs is 7. The van der Waals surface area contributed by atoms with Gasteiger partial charge in [0.1, 0.15) is 19.0 Å². The molecule has 0 radical (unpaired) electrons. The molecule has 13 atom stereocenters. The highest BCUT2D eigenvalue weighted by atomic mass is 16.8. The zero-order chi connectivity index (χ0) is 27.6. The zero-order valence-electron chi connectivity index (χ0n) is 22.6. The molecule has 0 aromatic carbocycles. The van der Waals surface area contributed by atoms with Crippen molar-refractivity contribution >= 4 is 12.3 Å². The Balaban J connectivity index is 1.20. The van der Waals surface area contributed by atoms with Crippen LogP contribution in [0.25, 0.3) is 0 Å². The van der Waals surface area contributed by atoms with Gasteiger partial charge in [-0.1, -0.05) is 6.92 Å². The number of ether oxygens (including phenoxy) is 4. The van der Waals surface area contributed by atoms with Crippen molar-refractivity contribution in [3.8, 4) is 0 Å². The van der Waals surface area contributed by atoms with Crippen molar-refractivity contribution in [1.29, 1.82) is 0 Å². The van der Waals surface area contributed by atoms with E-state index in [0.29, 0.717) is 44.1 Å². The maximum absolute atomic E-state index is 13.1. The molecule has 7 rings (SSSR count). The molecule has 3 aliphatic heterocycles. The molecular formula is C29H40O10. The van der Waals surface area contributed by atoms with Gasteiger partial charge in [-0.3, -0.25) is 0 Å². The van der Waals surface area contributed by atoms with Gasteiger partial charge in [0.15, 0.2) is 0 Å². The highest BCUT2D eigenvalue weighted by Crippen LogP contribution is 2.71. The maximum atomic E-state index is 13.1. The summed E-state index contributed by atoms with van der Waals surface area (Å²) in [5, 5.41) is 46.4. The van der Waals surface area contributed by atoms with Crippen molar-refractivity contribution in [3.05, 3.63) is 11.6 Å². The molecule has 0 aromatic rings. The summed E-state index contributed by atoms with van der Waals surface area (Å²) in [4.78, 5) is 25.0. The number of aliphatic hydroxyl groups excluding tert-OH is 1. The first-order valence-corrected chi connectivity index (χ1v) is 14.6. The van der Waals surface area contributed by atoms with Gasteiger partial charge in [0.05, 0.1) is 29.5 Å².